The Labute approximate surface area is 220 Å². The van der Waals surface area contributed by atoms with Gasteiger partial charge < -0.3 is 14.0 Å². The molecule has 0 radical (unpaired) electrons. The molecular formula is C30H58O3Si2. The molecule has 0 aromatic rings. The maximum Gasteiger partial charge on any atom is 0.192 e. The first kappa shape index (κ1) is 31.0. The van der Waals surface area contributed by atoms with Crippen molar-refractivity contribution >= 4 is 16.6 Å². The Balaban J connectivity index is 2.30. The summed E-state index contributed by atoms with van der Waals surface area (Å²) < 4.78 is 14.0. The Hall–Kier alpha value is -0.206. The minimum Gasteiger partial charge on any atom is -0.413 e. The highest BCUT2D eigenvalue weighted by Gasteiger charge is 2.49. The third kappa shape index (κ3) is 8.14. The first-order valence-electron chi connectivity index (χ1n) is 14.3. The Bertz CT molecular complexity index is 727. The van der Waals surface area contributed by atoms with Crippen molar-refractivity contribution in [3.05, 3.63) is 23.8 Å². The van der Waals surface area contributed by atoms with Gasteiger partial charge in [0.15, 0.2) is 16.6 Å². The maximum atomic E-state index is 9.48. The van der Waals surface area contributed by atoms with Gasteiger partial charge in [-0.1, -0.05) is 91.5 Å². The zero-order valence-corrected chi connectivity index (χ0v) is 27.0. The summed E-state index contributed by atoms with van der Waals surface area (Å²) in [6, 6.07) is 0. The minimum atomic E-state index is -1.85. The van der Waals surface area contributed by atoms with Crippen LogP contribution in [0.2, 0.25) is 36.3 Å². The second kappa shape index (κ2) is 12.1. The van der Waals surface area contributed by atoms with E-state index in [0.29, 0.717) is 23.9 Å². The first-order chi connectivity index (χ1) is 16.0. The van der Waals surface area contributed by atoms with Gasteiger partial charge in [0.25, 0.3) is 0 Å². The van der Waals surface area contributed by atoms with E-state index in [1.54, 1.807) is 0 Å². The molecule has 2 aliphatic carbocycles. The van der Waals surface area contributed by atoms with Gasteiger partial charge in [-0.15, -0.1) is 0 Å². The SMILES string of the molecule is CCCCC[C@@H](/C=C/[C@@H]1[C@H]2C/C(=C/CO)C[C@H]2C[C@H]1O[Si](C)(C)C(C)(C)C)O[Si](C)(C)C(C)(C)C. The van der Waals surface area contributed by atoms with E-state index in [9.17, 15) is 5.11 Å². The second-order valence-electron chi connectivity index (χ2n) is 14.4. The molecule has 0 saturated heterocycles. The van der Waals surface area contributed by atoms with Gasteiger partial charge in [0.05, 0.1) is 18.8 Å². The third-order valence-electron chi connectivity index (χ3n) is 9.61. The second-order valence-corrected chi connectivity index (χ2v) is 23.9. The van der Waals surface area contributed by atoms with Gasteiger partial charge >= 0.3 is 0 Å². The predicted molar refractivity (Wildman–Crippen MR) is 157 cm³/mol. The molecule has 2 aliphatic rings. The van der Waals surface area contributed by atoms with E-state index in [4.69, 9.17) is 8.85 Å². The summed E-state index contributed by atoms with van der Waals surface area (Å²) in [5, 5.41) is 9.91. The number of unbranched alkanes of at least 4 members (excludes halogenated alkanes) is 2. The van der Waals surface area contributed by atoms with Crippen LogP contribution in [0.15, 0.2) is 23.8 Å². The van der Waals surface area contributed by atoms with Gasteiger partial charge in [-0.05, 0) is 73.8 Å². The zero-order chi connectivity index (χ0) is 26.7. The van der Waals surface area contributed by atoms with Gasteiger partial charge in [-0.25, -0.2) is 0 Å². The molecule has 0 heterocycles. The zero-order valence-electron chi connectivity index (χ0n) is 25.0. The quantitative estimate of drug-likeness (QED) is 0.167. The molecule has 2 rings (SSSR count). The van der Waals surface area contributed by atoms with Crippen LogP contribution < -0.4 is 0 Å². The number of aliphatic hydroxyl groups is 1. The van der Waals surface area contributed by atoms with Crippen molar-refractivity contribution in [2.24, 2.45) is 17.8 Å². The summed E-state index contributed by atoms with van der Waals surface area (Å²) in [6.07, 6.45) is 15.7. The standard InChI is InChI=1S/C30H58O3Si2/c1-12-13-14-15-25(32-34(8,9)29(2,3)4)16-17-26-27-21-23(18-19-31)20-24(27)22-28(26)33-35(10,11)30(5,6)7/h16-18,24-28,31H,12-15,19-22H2,1-11H3/b17-16+,23-18+/t24-,25-,26+,27-,28+/m0/s1. The van der Waals surface area contributed by atoms with Gasteiger partial charge in [0.1, 0.15) is 0 Å². The molecular weight excluding hydrogens is 464 g/mol. The average Bonchev–Trinajstić information content (AvgIpc) is 3.21. The summed E-state index contributed by atoms with van der Waals surface area (Å²) in [7, 11) is -3.70. The minimum absolute atomic E-state index is 0.166. The number of hydrogen-bond donors (Lipinski definition) is 1. The fourth-order valence-corrected chi connectivity index (χ4v) is 7.99. The van der Waals surface area contributed by atoms with Crippen LogP contribution in [0.3, 0.4) is 0 Å². The van der Waals surface area contributed by atoms with Gasteiger partial charge in [-0.3, -0.25) is 0 Å². The van der Waals surface area contributed by atoms with E-state index in [0.717, 1.165) is 25.7 Å². The predicted octanol–water partition coefficient (Wildman–Crippen LogP) is 8.87. The number of hydrogen-bond acceptors (Lipinski definition) is 3. The molecule has 5 atom stereocenters. The monoisotopic (exact) mass is 522 g/mol. The number of rotatable bonds is 11. The van der Waals surface area contributed by atoms with Crippen molar-refractivity contribution < 1.29 is 14.0 Å². The van der Waals surface area contributed by atoms with Crippen LogP contribution in [0.25, 0.3) is 0 Å². The van der Waals surface area contributed by atoms with Crippen LogP contribution in [0, 0.1) is 17.8 Å². The molecule has 0 amide bonds. The van der Waals surface area contributed by atoms with Crippen LogP contribution >= 0.6 is 0 Å². The van der Waals surface area contributed by atoms with Crippen molar-refractivity contribution in [3.63, 3.8) is 0 Å². The highest BCUT2D eigenvalue weighted by atomic mass is 28.4. The third-order valence-corrected chi connectivity index (χ3v) is 18.6. The molecule has 0 aromatic heterocycles. The highest BCUT2D eigenvalue weighted by Crippen LogP contribution is 2.53. The van der Waals surface area contributed by atoms with Gasteiger partial charge in [0.2, 0.25) is 0 Å². The fourth-order valence-electron chi connectivity index (χ4n) is 5.32. The van der Waals surface area contributed by atoms with Crippen molar-refractivity contribution in [2.45, 2.75) is 142 Å². The van der Waals surface area contributed by atoms with Gasteiger partial charge in [0, 0.05) is 5.92 Å². The van der Waals surface area contributed by atoms with Crippen molar-refractivity contribution in [1.29, 1.82) is 0 Å². The molecule has 2 fully saturated rings. The number of allylic oxidation sites excluding steroid dienone is 1. The smallest absolute Gasteiger partial charge is 0.192 e. The van der Waals surface area contributed by atoms with Crippen molar-refractivity contribution in [3.8, 4) is 0 Å². The number of aliphatic hydroxyl groups excluding tert-OH is 1. The first-order valence-corrected chi connectivity index (χ1v) is 20.2. The molecule has 35 heavy (non-hydrogen) atoms. The lowest BCUT2D eigenvalue weighted by Gasteiger charge is -2.40. The Morgan fingerprint density at radius 1 is 0.971 bits per heavy atom. The van der Waals surface area contributed by atoms with Crippen LogP contribution in [0.4, 0.5) is 0 Å². The normalized spacial score (nSPS) is 28.3. The lowest BCUT2D eigenvalue weighted by molar-refractivity contribution is 0.146. The molecule has 0 spiro atoms. The topological polar surface area (TPSA) is 38.7 Å². The van der Waals surface area contributed by atoms with Crippen LogP contribution in [0.1, 0.15) is 93.4 Å². The summed E-state index contributed by atoms with van der Waals surface area (Å²) in [5.41, 5.74) is 1.45. The molecule has 5 heteroatoms. The molecule has 0 aliphatic heterocycles. The van der Waals surface area contributed by atoms with Crippen LogP contribution in [0.5, 0.6) is 0 Å². The van der Waals surface area contributed by atoms with E-state index < -0.39 is 16.6 Å². The maximum absolute atomic E-state index is 9.48. The fraction of sp³-hybridized carbons (Fsp3) is 0.867. The lowest BCUT2D eigenvalue weighted by Crippen LogP contribution is -2.45. The summed E-state index contributed by atoms with van der Waals surface area (Å²) >= 11 is 0. The largest absolute Gasteiger partial charge is 0.413 e. The number of fused-ring (bicyclic) bond motifs is 1. The van der Waals surface area contributed by atoms with Gasteiger partial charge in [-0.2, -0.15) is 0 Å². The molecule has 0 aromatic carbocycles. The Kier molecular flexibility index (Phi) is 10.7. The summed E-state index contributed by atoms with van der Waals surface area (Å²) in [5.74, 6) is 1.75. The highest BCUT2D eigenvalue weighted by molar-refractivity contribution is 6.74. The average molecular weight is 523 g/mol. The van der Waals surface area contributed by atoms with Crippen LogP contribution in [-0.2, 0) is 8.85 Å². The van der Waals surface area contributed by atoms with E-state index in [1.165, 1.54) is 24.8 Å². The molecule has 204 valence electrons. The molecule has 0 unspecified atom stereocenters. The summed E-state index contributed by atoms with van der Waals surface area (Å²) in [6.45, 7) is 26.0. The van der Waals surface area contributed by atoms with Crippen LogP contribution in [-0.4, -0.2) is 40.6 Å². The molecule has 1 N–H and O–H groups in total. The molecule has 2 saturated carbocycles. The molecule has 0 bridgehead atoms. The Morgan fingerprint density at radius 2 is 1.60 bits per heavy atom. The van der Waals surface area contributed by atoms with E-state index in [1.807, 2.05) is 0 Å². The Morgan fingerprint density at radius 3 is 2.14 bits per heavy atom. The lowest BCUT2D eigenvalue weighted by atomic mass is 9.90. The van der Waals surface area contributed by atoms with Crippen molar-refractivity contribution in [2.75, 3.05) is 6.61 Å². The van der Waals surface area contributed by atoms with E-state index >= 15 is 0 Å². The van der Waals surface area contributed by atoms with E-state index in [-0.39, 0.29) is 22.8 Å². The summed E-state index contributed by atoms with van der Waals surface area (Å²) in [4.78, 5) is 0. The van der Waals surface area contributed by atoms with Crippen molar-refractivity contribution in [1.82, 2.24) is 0 Å². The molecule has 3 nitrogen and oxygen atoms in total. The van der Waals surface area contributed by atoms with E-state index in [2.05, 4.69) is 92.9 Å².